The van der Waals surface area contributed by atoms with Crippen LogP contribution in [0.4, 0.5) is 0 Å². The molecule has 0 atom stereocenters. The highest BCUT2D eigenvalue weighted by Gasteiger charge is 2.10. The Morgan fingerprint density at radius 3 is 3.15 bits per heavy atom. The average molecular weight is 194 g/mol. The van der Waals surface area contributed by atoms with E-state index in [0.717, 1.165) is 13.1 Å². The normalized spacial score (nSPS) is 18.7. The predicted octanol–water partition coefficient (Wildman–Crippen LogP) is 2.30. The molecular formula is C10H14N2S. The maximum Gasteiger partial charge on any atom is 0.107 e. The molecule has 0 N–H and O–H groups in total. The van der Waals surface area contributed by atoms with Crippen molar-refractivity contribution in [2.24, 2.45) is 0 Å². The molecule has 2 heterocycles. The lowest BCUT2D eigenvalue weighted by molar-refractivity contribution is 0.285. The molecule has 0 amide bonds. The number of rotatable bonds is 2. The maximum absolute atomic E-state index is 4.29. The summed E-state index contributed by atoms with van der Waals surface area (Å²) in [5, 5.41) is 3.27. The molecule has 0 fully saturated rings. The lowest BCUT2D eigenvalue weighted by atomic mass is 10.1. The zero-order valence-electron chi connectivity index (χ0n) is 7.86. The minimum Gasteiger partial charge on any atom is -0.293 e. The van der Waals surface area contributed by atoms with Crippen LogP contribution in [-0.2, 0) is 6.54 Å². The molecule has 0 unspecified atom stereocenters. The SMILES string of the molecule is CC1=CCN(Cc2nccs2)CC1. The highest BCUT2D eigenvalue weighted by molar-refractivity contribution is 7.09. The van der Waals surface area contributed by atoms with Crippen LogP contribution >= 0.6 is 11.3 Å². The van der Waals surface area contributed by atoms with Gasteiger partial charge in [0.1, 0.15) is 5.01 Å². The second-order valence-corrected chi connectivity index (χ2v) is 4.44. The van der Waals surface area contributed by atoms with Gasteiger partial charge in [-0.2, -0.15) is 0 Å². The minimum atomic E-state index is 1.02. The summed E-state index contributed by atoms with van der Waals surface area (Å²) in [6, 6.07) is 0. The smallest absolute Gasteiger partial charge is 0.107 e. The monoisotopic (exact) mass is 194 g/mol. The molecule has 3 heteroatoms. The van der Waals surface area contributed by atoms with Gasteiger partial charge in [-0.15, -0.1) is 11.3 Å². The van der Waals surface area contributed by atoms with E-state index < -0.39 is 0 Å². The van der Waals surface area contributed by atoms with E-state index in [0.29, 0.717) is 0 Å². The van der Waals surface area contributed by atoms with Crippen LogP contribution in [0.1, 0.15) is 18.4 Å². The van der Waals surface area contributed by atoms with Crippen LogP contribution in [0.3, 0.4) is 0 Å². The van der Waals surface area contributed by atoms with Crippen molar-refractivity contribution in [2.75, 3.05) is 13.1 Å². The molecule has 13 heavy (non-hydrogen) atoms. The fraction of sp³-hybridized carbons (Fsp3) is 0.500. The molecule has 0 aromatic carbocycles. The molecule has 0 saturated heterocycles. The van der Waals surface area contributed by atoms with Crippen molar-refractivity contribution in [3.63, 3.8) is 0 Å². The Kier molecular flexibility index (Phi) is 2.76. The molecule has 0 aliphatic carbocycles. The Hall–Kier alpha value is -0.670. The quantitative estimate of drug-likeness (QED) is 0.672. The fourth-order valence-electron chi connectivity index (χ4n) is 1.48. The van der Waals surface area contributed by atoms with Crippen molar-refractivity contribution in [3.8, 4) is 0 Å². The zero-order chi connectivity index (χ0) is 9.10. The van der Waals surface area contributed by atoms with Crippen molar-refractivity contribution in [2.45, 2.75) is 19.9 Å². The first-order valence-electron chi connectivity index (χ1n) is 4.61. The molecule has 1 aromatic heterocycles. The summed E-state index contributed by atoms with van der Waals surface area (Å²) < 4.78 is 0. The number of nitrogens with zero attached hydrogens (tertiary/aromatic N) is 2. The third-order valence-corrected chi connectivity index (χ3v) is 3.13. The molecule has 70 valence electrons. The molecular weight excluding hydrogens is 180 g/mol. The molecule has 2 rings (SSSR count). The molecule has 0 radical (unpaired) electrons. The summed E-state index contributed by atoms with van der Waals surface area (Å²) in [4.78, 5) is 6.72. The van der Waals surface area contributed by atoms with E-state index in [1.54, 1.807) is 11.3 Å². The minimum absolute atomic E-state index is 1.02. The fourth-order valence-corrected chi connectivity index (χ4v) is 2.14. The van der Waals surface area contributed by atoms with Crippen LogP contribution in [0.5, 0.6) is 0 Å². The number of aromatic nitrogens is 1. The predicted molar refractivity (Wildman–Crippen MR) is 55.8 cm³/mol. The molecule has 0 saturated carbocycles. The summed E-state index contributed by atoms with van der Waals surface area (Å²) in [6.45, 7) is 5.50. The Morgan fingerprint density at radius 1 is 1.62 bits per heavy atom. The lowest BCUT2D eigenvalue weighted by Crippen LogP contribution is -2.27. The number of hydrogen-bond acceptors (Lipinski definition) is 3. The van der Waals surface area contributed by atoms with Gasteiger partial charge in [0.25, 0.3) is 0 Å². The van der Waals surface area contributed by atoms with Gasteiger partial charge in [0.15, 0.2) is 0 Å². The summed E-state index contributed by atoms with van der Waals surface area (Å²) in [7, 11) is 0. The first kappa shape index (κ1) is 8.91. The molecule has 2 nitrogen and oxygen atoms in total. The zero-order valence-corrected chi connectivity index (χ0v) is 8.68. The Balaban J connectivity index is 1.90. The highest BCUT2D eigenvalue weighted by Crippen LogP contribution is 2.14. The van der Waals surface area contributed by atoms with Crippen molar-refractivity contribution in [1.82, 2.24) is 9.88 Å². The van der Waals surface area contributed by atoms with Gasteiger partial charge in [-0.1, -0.05) is 11.6 Å². The van der Waals surface area contributed by atoms with E-state index in [1.165, 1.54) is 23.5 Å². The van der Waals surface area contributed by atoms with Crippen molar-refractivity contribution in [3.05, 3.63) is 28.2 Å². The van der Waals surface area contributed by atoms with Crippen molar-refractivity contribution < 1.29 is 0 Å². The summed E-state index contributed by atoms with van der Waals surface area (Å²) in [5.41, 5.74) is 1.52. The standard InChI is InChI=1S/C10H14N2S/c1-9-2-5-12(6-3-9)8-10-11-4-7-13-10/h2,4,7H,3,5-6,8H2,1H3. The number of thiazole rings is 1. The maximum atomic E-state index is 4.29. The number of hydrogen-bond donors (Lipinski definition) is 0. The lowest BCUT2D eigenvalue weighted by Gasteiger charge is -2.23. The van der Waals surface area contributed by atoms with E-state index >= 15 is 0 Å². The summed E-state index contributed by atoms with van der Waals surface area (Å²) in [5.74, 6) is 0. The summed E-state index contributed by atoms with van der Waals surface area (Å²) in [6.07, 6.45) is 5.41. The first-order valence-corrected chi connectivity index (χ1v) is 5.49. The molecule has 1 aliphatic heterocycles. The van der Waals surface area contributed by atoms with Crippen LogP contribution in [0.15, 0.2) is 23.2 Å². The Morgan fingerprint density at radius 2 is 2.54 bits per heavy atom. The van der Waals surface area contributed by atoms with E-state index in [-0.39, 0.29) is 0 Å². The van der Waals surface area contributed by atoms with Gasteiger partial charge in [-0.25, -0.2) is 4.98 Å². The van der Waals surface area contributed by atoms with Gasteiger partial charge in [0.2, 0.25) is 0 Å². The first-order chi connectivity index (χ1) is 6.34. The third-order valence-electron chi connectivity index (χ3n) is 2.36. The van der Waals surface area contributed by atoms with Crippen LogP contribution < -0.4 is 0 Å². The van der Waals surface area contributed by atoms with Crippen LogP contribution in [0.25, 0.3) is 0 Å². The van der Waals surface area contributed by atoms with Gasteiger partial charge in [-0.05, 0) is 13.3 Å². The topological polar surface area (TPSA) is 16.1 Å². The Labute approximate surface area is 82.9 Å². The van der Waals surface area contributed by atoms with Crippen LogP contribution in [0.2, 0.25) is 0 Å². The van der Waals surface area contributed by atoms with Gasteiger partial charge in [0, 0.05) is 24.7 Å². The van der Waals surface area contributed by atoms with Gasteiger partial charge in [0.05, 0.1) is 6.54 Å². The molecule has 1 aromatic rings. The third kappa shape index (κ3) is 2.39. The second-order valence-electron chi connectivity index (χ2n) is 3.46. The molecule has 1 aliphatic rings. The van der Waals surface area contributed by atoms with Crippen LogP contribution in [0, 0.1) is 0 Å². The average Bonchev–Trinajstić information content (AvgIpc) is 2.62. The van der Waals surface area contributed by atoms with Crippen LogP contribution in [-0.4, -0.2) is 23.0 Å². The van der Waals surface area contributed by atoms with Gasteiger partial charge < -0.3 is 0 Å². The highest BCUT2D eigenvalue weighted by atomic mass is 32.1. The van der Waals surface area contributed by atoms with E-state index in [4.69, 9.17) is 0 Å². The molecule has 0 bridgehead atoms. The van der Waals surface area contributed by atoms with Gasteiger partial charge in [-0.3, -0.25) is 4.90 Å². The van der Waals surface area contributed by atoms with Crippen molar-refractivity contribution in [1.29, 1.82) is 0 Å². The largest absolute Gasteiger partial charge is 0.293 e. The van der Waals surface area contributed by atoms with E-state index in [9.17, 15) is 0 Å². The van der Waals surface area contributed by atoms with E-state index in [1.807, 2.05) is 11.6 Å². The van der Waals surface area contributed by atoms with E-state index in [2.05, 4.69) is 22.9 Å². The second kappa shape index (κ2) is 4.03. The van der Waals surface area contributed by atoms with Crippen molar-refractivity contribution >= 4 is 11.3 Å². The molecule has 0 spiro atoms. The summed E-state index contributed by atoms with van der Waals surface area (Å²) >= 11 is 1.74. The Bertz CT molecular complexity index is 290. The van der Waals surface area contributed by atoms with Gasteiger partial charge >= 0.3 is 0 Å².